The maximum atomic E-state index is 6.57. The smallest absolute Gasteiger partial charge is 0.373 e. The maximum Gasteiger partial charge on any atom is 0.530 e. The molecule has 252 valence electrons. The van der Waals surface area contributed by atoms with E-state index in [0.717, 1.165) is 39.0 Å². The fourth-order valence-corrected chi connectivity index (χ4v) is 13.7. The van der Waals surface area contributed by atoms with E-state index in [1.165, 1.54) is 0 Å². The van der Waals surface area contributed by atoms with Crippen LogP contribution in [0.5, 0.6) is 0 Å². The molecule has 0 aliphatic carbocycles. The summed E-state index contributed by atoms with van der Waals surface area (Å²) in [4.78, 5) is 3.18. The molecule has 0 bridgehead atoms. The Bertz CT molecular complexity index is 1110. The first kappa shape index (κ1) is 40.6. The fraction of sp³-hybridized carbons (Fsp3) is 0.515. The van der Waals surface area contributed by atoms with Crippen molar-refractivity contribution in [3.05, 3.63) is 81.8 Å². The molecule has 0 fully saturated rings. The van der Waals surface area contributed by atoms with Gasteiger partial charge in [0.2, 0.25) is 0 Å². The minimum Gasteiger partial charge on any atom is -0.373 e. The van der Waals surface area contributed by atoms with Crippen LogP contribution in [0.1, 0.15) is 60.8 Å². The van der Waals surface area contributed by atoms with Gasteiger partial charge in [-0.15, -0.1) is 18.3 Å². The Hall–Kier alpha value is -0.606. The Morgan fingerprint density at radius 3 is 1.56 bits per heavy atom. The van der Waals surface area contributed by atoms with E-state index in [1.54, 1.807) is 23.5 Å². The van der Waals surface area contributed by atoms with Crippen molar-refractivity contribution in [2.75, 3.05) is 39.6 Å². The van der Waals surface area contributed by atoms with Gasteiger partial charge >= 0.3 is 17.6 Å². The molecule has 0 saturated carbocycles. The summed E-state index contributed by atoms with van der Waals surface area (Å²) in [5.74, 6) is 0. The zero-order valence-corrected chi connectivity index (χ0v) is 32.7. The van der Waals surface area contributed by atoms with Crippen LogP contribution in [-0.4, -0.2) is 62.5 Å². The van der Waals surface area contributed by atoms with Crippen molar-refractivity contribution in [1.82, 2.24) is 0 Å². The summed E-state index contributed by atoms with van der Waals surface area (Å²) in [6.07, 6.45) is 4.57. The predicted molar refractivity (Wildman–Crippen MR) is 196 cm³/mol. The van der Waals surface area contributed by atoms with Crippen LogP contribution in [0.2, 0.25) is 15.6 Å². The van der Waals surface area contributed by atoms with E-state index in [2.05, 4.69) is 12.3 Å². The van der Waals surface area contributed by atoms with E-state index in [4.69, 9.17) is 49.8 Å². The van der Waals surface area contributed by atoms with Crippen molar-refractivity contribution < 1.29 is 26.6 Å². The Balaban J connectivity index is 2.63. The third-order valence-corrected chi connectivity index (χ3v) is 16.2. The number of allylic oxidation sites excluding steroid dienone is 1. The maximum absolute atomic E-state index is 6.57. The van der Waals surface area contributed by atoms with Gasteiger partial charge in [-0.05, 0) is 114 Å². The normalized spacial score (nSPS) is 14.0. The first-order valence-corrected chi connectivity index (χ1v) is 21.8. The average molecular weight is 734 g/mol. The van der Waals surface area contributed by atoms with Gasteiger partial charge in [-0.1, -0.05) is 47.5 Å². The second-order valence-corrected chi connectivity index (χ2v) is 18.2. The van der Waals surface area contributed by atoms with Gasteiger partial charge in [-0.25, -0.2) is 0 Å². The van der Waals surface area contributed by atoms with Crippen molar-refractivity contribution in [2.24, 2.45) is 0 Å². The lowest BCUT2D eigenvalue weighted by Gasteiger charge is -2.37. The van der Waals surface area contributed by atoms with Gasteiger partial charge in [0, 0.05) is 64.7 Å². The minimum absolute atomic E-state index is 0.197. The van der Waals surface area contributed by atoms with E-state index < -0.39 is 17.6 Å². The average Bonchev–Trinajstić information content (AvgIpc) is 3.01. The van der Waals surface area contributed by atoms with E-state index in [9.17, 15) is 0 Å². The minimum atomic E-state index is -3.29. The van der Waals surface area contributed by atoms with Crippen molar-refractivity contribution in [2.45, 2.75) is 81.4 Å². The number of halogens is 2. The molecule has 0 aliphatic heterocycles. The first-order chi connectivity index (χ1) is 21.7. The van der Waals surface area contributed by atoms with Crippen LogP contribution in [0.3, 0.4) is 0 Å². The van der Waals surface area contributed by atoms with Gasteiger partial charge in [0.25, 0.3) is 0 Å². The number of thioether (sulfide) groups is 2. The van der Waals surface area contributed by atoms with E-state index in [-0.39, 0.29) is 10.8 Å². The molecule has 45 heavy (non-hydrogen) atoms. The van der Waals surface area contributed by atoms with Crippen LogP contribution in [-0.2, 0) is 26.6 Å². The van der Waals surface area contributed by atoms with Crippen LogP contribution in [0.25, 0.3) is 0 Å². The predicted octanol–water partition coefficient (Wildman–Crippen LogP) is 10.5. The lowest BCUT2D eigenvalue weighted by molar-refractivity contribution is 0.0636. The van der Waals surface area contributed by atoms with Gasteiger partial charge in [0.1, 0.15) is 0 Å². The van der Waals surface area contributed by atoms with E-state index >= 15 is 0 Å². The van der Waals surface area contributed by atoms with E-state index in [0.29, 0.717) is 44.7 Å². The van der Waals surface area contributed by atoms with Crippen LogP contribution in [0.15, 0.2) is 81.6 Å². The molecular formula is C33H50Cl2O6S2Si2. The highest BCUT2D eigenvalue weighted by atomic mass is 35.5. The standard InChI is InChI=1S/C33H50Cl2O6S2Si2/c1-8-29(42-30-22-18-27(34)19-23-30)16-15-17-33(45(39-12-5,40-13-6)41-14-7)32(43-31-24-20-28(35)21-25-31)26-44(36-9-2,37-10-3)38-11-4/h8,18-26,29,33H,1,9-17H2,2-7H3/b32-26+. The first-order valence-electron chi connectivity index (χ1n) is 15.8. The summed E-state index contributed by atoms with van der Waals surface area (Å²) in [7, 11) is -6.53. The van der Waals surface area contributed by atoms with Gasteiger partial charge in [0.15, 0.2) is 0 Å². The summed E-state index contributed by atoms with van der Waals surface area (Å²) < 4.78 is 38.7. The van der Waals surface area contributed by atoms with Crippen LogP contribution in [0, 0.1) is 0 Å². The molecule has 0 aliphatic rings. The van der Waals surface area contributed by atoms with Gasteiger partial charge in [-0.3, -0.25) is 0 Å². The molecule has 0 saturated heterocycles. The molecule has 0 amide bonds. The van der Waals surface area contributed by atoms with Crippen molar-refractivity contribution in [3.8, 4) is 0 Å². The number of benzene rings is 2. The van der Waals surface area contributed by atoms with Gasteiger partial charge in [0.05, 0.1) is 5.54 Å². The Kier molecular flexibility index (Phi) is 19.9. The molecule has 2 rings (SSSR count). The third kappa shape index (κ3) is 13.4. The fourth-order valence-electron chi connectivity index (χ4n) is 4.83. The number of rotatable bonds is 24. The molecule has 2 aromatic rings. The zero-order chi connectivity index (χ0) is 33.1. The van der Waals surface area contributed by atoms with Crippen LogP contribution in [0.4, 0.5) is 0 Å². The highest BCUT2D eigenvalue weighted by Crippen LogP contribution is 2.46. The van der Waals surface area contributed by atoms with Gasteiger partial charge in [-0.2, -0.15) is 0 Å². The summed E-state index contributed by atoms with van der Waals surface area (Å²) in [6.45, 7) is 18.8. The summed E-state index contributed by atoms with van der Waals surface area (Å²) in [5.41, 5.74) is 1.90. The Morgan fingerprint density at radius 1 is 0.689 bits per heavy atom. The van der Waals surface area contributed by atoms with Crippen LogP contribution >= 0.6 is 46.7 Å². The molecule has 0 aromatic heterocycles. The summed E-state index contributed by atoms with van der Waals surface area (Å²) in [6, 6.07) is 15.8. The molecule has 2 atom stereocenters. The number of hydrogen-bond acceptors (Lipinski definition) is 8. The lowest BCUT2D eigenvalue weighted by atomic mass is 10.1. The Morgan fingerprint density at radius 2 is 1.13 bits per heavy atom. The largest absolute Gasteiger partial charge is 0.530 e. The lowest BCUT2D eigenvalue weighted by Crippen LogP contribution is -2.52. The SMILES string of the molecule is C=CC(CCCC(/C(=C\[Si](OCC)(OCC)OCC)Sc1ccc(Cl)cc1)[Si](OCC)(OCC)OCC)Sc1ccc(Cl)cc1. The molecule has 0 N–H and O–H groups in total. The number of hydrogen-bond donors (Lipinski definition) is 0. The van der Waals surface area contributed by atoms with Crippen molar-refractivity contribution in [3.63, 3.8) is 0 Å². The van der Waals surface area contributed by atoms with E-state index in [1.807, 2.05) is 96.1 Å². The topological polar surface area (TPSA) is 55.4 Å². The van der Waals surface area contributed by atoms with Crippen molar-refractivity contribution in [1.29, 1.82) is 0 Å². The Labute approximate surface area is 292 Å². The highest BCUT2D eigenvalue weighted by molar-refractivity contribution is 8.03. The molecule has 0 spiro atoms. The van der Waals surface area contributed by atoms with Gasteiger partial charge < -0.3 is 26.6 Å². The summed E-state index contributed by atoms with van der Waals surface area (Å²) >= 11 is 15.8. The van der Waals surface area contributed by atoms with Crippen molar-refractivity contribution >= 4 is 64.3 Å². The molecule has 6 nitrogen and oxygen atoms in total. The highest BCUT2D eigenvalue weighted by Gasteiger charge is 2.52. The molecule has 2 aromatic carbocycles. The molecular weight excluding hydrogens is 684 g/mol. The quantitative estimate of drug-likeness (QED) is 0.0601. The molecule has 2 unspecified atom stereocenters. The molecule has 12 heteroatoms. The van der Waals surface area contributed by atoms with Crippen LogP contribution < -0.4 is 0 Å². The third-order valence-electron chi connectivity index (χ3n) is 6.56. The molecule has 0 radical (unpaired) electrons. The zero-order valence-electron chi connectivity index (χ0n) is 27.5. The molecule has 0 heterocycles. The second-order valence-electron chi connectivity index (χ2n) is 9.74. The second kappa shape index (κ2) is 22.1. The monoisotopic (exact) mass is 732 g/mol. The summed E-state index contributed by atoms with van der Waals surface area (Å²) in [5, 5.41) is 1.62.